The zero-order valence-corrected chi connectivity index (χ0v) is 10.3. The standard InChI is InChI=1S/C15H13BN2/c1-11-13-10-18(9-12-5-3-2-4-6-12)17-15(13)8-7-14(11)16/h2-8,10H,9H2,1H3. The quantitative estimate of drug-likeness (QED) is 0.619. The molecule has 18 heavy (non-hydrogen) atoms. The summed E-state index contributed by atoms with van der Waals surface area (Å²) >= 11 is 0. The Bertz CT molecular complexity index is 686. The van der Waals surface area contributed by atoms with Crippen molar-refractivity contribution < 1.29 is 0 Å². The van der Waals surface area contributed by atoms with Gasteiger partial charge in [-0.15, -0.1) is 0 Å². The first-order valence-corrected chi connectivity index (χ1v) is 6.00. The van der Waals surface area contributed by atoms with E-state index in [1.807, 2.05) is 41.9 Å². The van der Waals surface area contributed by atoms with Crippen LogP contribution in [0.5, 0.6) is 0 Å². The Kier molecular flexibility index (Phi) is 2.67. The van der Waals surface area contributed by atoms with Gasteiger partial charge in [0, 0.05) is 11.6 Å². The van der Waals surface area contributed by atoms with E-state index < -0.39 is 0 Å². The van der Waals surface area contributed by atoms with Crippen LogP contribution in [0.4, 0.5) is 0 Å². The lowest BCUT2D eigenvalue weighted by Gasteiger charge is -2.00. The summed E-state index contributed by atoms with van der Waals surface area (Å²) in [5.41, 5.74) is 4.17. The lowest BCUT2D eigenvalue weighted by molar-refractivity contribution is 0.696. The molecule has 2 radical (unpaired) electrons. The number of fused-ring (bicyclic) bond motifs is 1. The molecular weight excluding hydrogens is 219 g/mol. The largest absolute Gasteiger partial charge is 0.267 e. The minimum Gasteiger partial charge on any atom is -0.267 e. The maximum atomic E-state index is 5.91. The highest BCUT2D eigenvalue weighted by Crippen LogP contribution is 2.15. The second-order valence-electron chi connectivity index (χ2n) is 4.52. The molecular formula is C15H13BN2. The van der Waals surface area contributed by atoms with E-state index in [1.165, 1.54) is 5.56 Å². The Hall–Kier alpha value is -2.03. The van der Waals surface area contributed by atoms with Crippen molar-refractivity contribution in [3.05, 3.63) is 59.8 Å². The highest BCUT2D eigenvalue weighted by Gasteiger charge is 2.05. The molecule has 0 fully saturated rings. The second kappa shape index (κ2) is 4.33. The Morgan fingerprint density at radius 1 is 1.11 bits per heavy atom. The molecule has 0 aliphatic heterocycles. The van der Waals surface area contributed by atoms with Gasteiger partial charge in [-0.2, -0.15) is 5.10 Å². The lowest BCUT2D eigenvalue weighted by Crippen LogP contribution is -2.05. The number of benzene rings is 2. The lowest BCUT2D eigenvalue weighted by atomic mass is 9.90. The van der Waals surface area contributed by atoms with Crippen molar-refractivity contribution in [3.8, 4) is 0 Å². The van der Waals surface area contributed by atoms with E-state index in [1.54, 1.807) is 0 Å². The first-order chi connectivity index (χ1) is 8.74. The van der Waals surface area contributed by atoms with Crippen molar-refractivity contribution in [1.29, 1.82) is 0 Å². The summed E-state index contributed by atoms with van der Waals surface area (Å²) in [6, 6.07) is 14.2. The molecule has 86 valence electrons. The number of rotatable bonds is 2. The number of hydrogen-bond donors (Lipinski definition) is 0. The molecule has 2 nitrogen and oxygen atoms in total. The van der Waals surface area contributed by atoms with E-state index in [0.29, 0.717) is 0 Å². The van der Waals surface area contributed by atoms with Crippen LogP contribution in [0, 0.1) is 6.92 Å². The van der Waals surface area contributed by atoms with Crippen LogP contribution in [-0.2, 0) is 6.54 Å². The molecule has 1 aromatic heterocycles. The van der Waals surface area contributed by atoms with Crippen LogP contribution in [0.2, 0.25) is 0 Å². The zero-order chi connectivity index (χ0) is 12.5. The topological polar surface area (TPSA) is 17.8 Å². The maximum absolute atomic E-state index is 5.91. The zero-order valence-electron chi connectivity index (χ0n) is 10.3. The molecule has 0 bridgehead atoms. The Balaban J connectivity index is 2.02. The molecule has 0 amide bonds. The molecule has 0 atom stereocenters. The third-order valence-corrected chi connectivity index (χ3v) is 3.24. The predicted octanol–water partition coefficient (Wildman–Crippen LogP) is 2.19. The van der Waals surface area contributed by atoms with Crippen LogP contribution in [0.1, 0.15) is 11.1 Å². The maximum Gasteiger partial charge on any atom is 0.114 e. The monoisotopic (exact) mass is 232 g/mol. The van der Waals surface area contributed by atoms with E-state index >= 15 is 0 Å². The Morgan fingerprint density at radius 2 is 1.89 bits per heavy atom. The third-order valence-electron chi connectivity index (χ3n) is 3.24. The summed E-state index contributed by atoms with van der Waals surface area (Å²) in [7, 11) is 5.91. The summed E-state index contributed by atoms with van der Waals surface area (Å²) in [5, 5.41) is 5.70. The normalized spacial score (nSPS) is 10.9. The van der Waals surface area contributed by atoms with E-state index in [0.717, 1.165) is 28.5 Å². The van der Waals surface area contributed by atoms with Crippen LogP contribution < -0.4 is 5.46 Å². The molecule has 3 rings (SSSR count). The molecule has 0 unspecified atom stereocenters. The van der Waals surface area contributed by atoms with Gasteiger partial charge < -0.3 is 0 Å². The molecule has 3 aromatic rings. The predicted molar refractivity (Wildman–Crippen MR) is 75.4 cm³/mol. The Labute approximate surface area is 108 Å². The minimum atomic E-state index is 0.787. The number of aromatic nitrogens is 2. The van der Waals surface area contributed by atoms with Gasteiger partial charge in [0.15, 0.2) is 0 Å². The van der Waals surface area contributed by atoms with Crippen LogP contribution in [-0.4, -0.2) is 17.6 Å². The van der Waals surface area contributed by atoms with Crippen LogP contribution in [0.25, 0.3) is 10.9 Å². The van der Waals surface area contributed by atoms with Crippen molar-refractivity contribution in [1.82, 2.24) is 9.78 Å². The van der Waals surface area contributed by atoms with Crippen LogP contribution in [0.15, 0.2) is 48.7 Å². The molecule has 0 aliphatic carbocycles. The fourth-order valence-electron chi connectivity index (χ4n) is 2.15. The van der Waals surface area contributed by atoms with Gasteiger partial charge in [-0.3, -0.25) is 4.68 Å². The van der Waals surface area contributed by atoms with E-state index in [2.05, 4.69) is 23.4 Å². The SMILES string of the molecule is [B]c1ccc2nn(Cc3ccccc3)cc2c1C. The fraction of sp³-hybridized carbons (Fsp3) is 0.133. The average Bonchev–Trinajstić information content (AvgIpc) is 2.79. The van der Waals surface area contributed by atoms with Crippen LogP contribution in [0.3, 0.4) is 0 Å². The number of aryl methyl sites for hydroxylation is 1. The van der Waals surface area contributed by atoms with Gasteiger partial charge in [-0.05, 0) is 24.1 Å². The summed E-state index contributed by atoms with van der Waals surface area (Å²) in [6.45, 7) is 2.82. The summed E-state index contributed by atoms with van der Waals surface area (Å²) < 4.78 is 1.96. The van der Waals surface area contributed by atoms with Crippen molar-refractivity contribution in [2.75, 3.05) is 0 Å². The van der Waals surface area contributed by atoms with Crippen molar-refractivity contribution in [2.24, 2.45) is 0 Å². The van der Waals surface area contributed by atoms with Crippen molar-refractivity contribution in [2.45, 2.75) is 13.5 Å². The van der Waals surface area contributed by atoms with E-state index in [4.69, 9.17) is 7.85 Å². The number of nitrogens with zero attached hydrogens (tertiary/aromatic N) is 2. The first kappa shape index (κ1) is 11.1. The first-order valence-electron chi connectivity index (χ1n) is 6.00. The highest BCUT2D eigenvalue weighted by atomic mass is 15.3. The van der Waals surface area contributed by atoms with Crippen LogP contribution >= 0.6 is 0 Å². The summed E-state index contributed by atoms with van der Waals surface area (Å²) in [4.78, 5) is 0. The summed E-state index contributed by atoms with van der Waals surface area (Å²) in [6.07, 6.45) is 2.06. The average molecular weight is 232 g/mol. The van der Waals surface area contributed by atoms with Crippen molar-refractivity contribution >= 4 is 24.2 Å². The highest BCUT2D eigenvalue weighted by molar-refractivity contribution is 6.34. The molecule has 3 heteroatoms. The van der Waals surface area contributed by atoms with E-state index in [-0.39, 0.29) is 0 Å². The second-order valence-corrected chi connectivity index (χ2v) is 4.52. The van der Waals surface area contributed by atoms with Gasteiger partial charge in [0.05, 0.1) is 12.1 Å². The van der Waals surface area contributed by atoms with E-state index in [9.17, 15) is 0 Å². The molecule has 1 heterocycles. The molecule has 0 N–H and O–H groups in total. The molecule has 2 aromatic carbocycles. The van der Waals surface area contributed by atoms with Gasteiger partial charge in [0.2, 0.25) is 0 Å². The molecule has 0 aliphatic rings. The number of hydrogen-bond acceptors (Lipinski definition) is 1. The smallest absolute Gasteiger partial charge is 0.114 e. The summed E-state index contributed by atoms with van der Waals surface area (Å²) in [5.74, 6) is 0. The fourth-order valence-corrected chi connectivity index (χ4v) is 2.15. The molecule has 0 saturated carbocycles. The van der Waals surface area contributed by atoms with Gasteiger partial charge >= 0.3 is 0 Å². The van der Waals surface area contributed by atoms with Gasteiger partial charge in [-0.25, -0.2) is 0 Å². The molecule has 0 spiro atoms. The Morgan fingerprint density at radius 3 is 2.67 bits per heavy atom. The minimum absolute atomic E-state index is 0.787. The van der Waals surface area contributed by atoms with Gasteiger partial charge in [0.25, 0.3) is 0 Å². The molecule has 0 saturated heterocycles. The van der Waals surface area contributed by atoms with Crippen molar-refractivity contribution in [3.63, 3.8) is 0 Å². The van der Waals surface area contributed by atoms with Gasteiger partial charge in [0.1, 0.15) is 7.85 Å². The third kappa shape index (κ3) is 1.92. The van der Waals surface area contributed by atoms with Gasteiger partial charge in [-0.1, -0.05) is 41.9 Å².